The Balaban J connectivity index is 1.58. The summed E-state index contributed by atoms with van der Waals surface area (Å²) in [7, 11) is 0. The van der Waals surface area contributed by atoms with Crippen LogP contribution in [0.1, 0.15) is 34.8 Å². The van der Waals surface area contributed by atoms with E-state index in [-0.39, 0.29) is 11.8 Å². The van der Waals surface area contributed by atoms with Crippen LogP contribution in [0.25, 0.3) is 0 Å². The van der Waals surface area contributed by atoms with Gasteiger partial charge >= 0.3 is 0 Å². The fourth-order valence-electron chi connectivity index (χ4n) is 2.63. The topological polar surface area (TPSA) is 79.8 Å². The molecule has 0 fully saturated rings. The molecule has 0 aliphatic heterocycles. The first-order valence-electron chi connectivity index (χ1n) is 9.65. The van der Waals surface area contributed by atoms with Gasteiger partial charge in [0.25, 0.3) is 5.91 Å². The summed E-state index contributed by atoms with van der Waals surface area (Å²) >= 11 is 0. The molecule has 30 heavy (non-hydrogen) atoms. The molecular formula is C24H23N3O3. The average molecular weight is 401 g/mol. The highest BCUT2D eigenvalue weighted by Crippen LogP contribution is 2.17. The molecule has 0 saturated carbocycles. The molecule has 6 heteroatoms. The number of hydrazone groups is 1. The average Bonchev–Trinajstić information content (AvgIpc) is 2.79. The van der Waals surface area contributed by atoms with Crippen LogP contribution in [0, 0.1) is 0 Å². The fraction of sp³-hybridized carbons (Fsp3) is 0.125. The van der Waals surface area contributed by atoms with Gasteiger partial charge in [0, 0.05) is 23.2 Å². The SMILES string of the molecule is CCC(=O)Nc1ccc(C(=O)N/N=C/c2ccccc2OCc2ccccc2)cc1. The van der Waals surface area contributed by atoms with Crippen LogP contribution in [0.2, 0.25) is 0 Å². The van der Waals surface area contributed by atoms with Crippen LogP contribution >= 0.6 is 0 Å². The van der Waals surface area contributed by atoms with Crippen LogP contribution in [0.3, 0.4) is 0 Å². The Morgan fingerprint density at radius 1 is 0.933 bits per heavy atom. The summed E-state index contributed by atoms with van der Waals surface area (Å²) in [5.41, 5.74) is 5.41. The summed E-state index contributed by atoms with van der Waals surface area (Å²) in [6, 6.07) is 24.0. The molecule has 0 heterocycles. The predicted molar refractivity (Wildman–Crippen MR) is 118 cm³/mol. The maximum Gasteiger partial charge on any atom is 0.271 e. The zero-order chi connectivity index (χ0) is 21.2. The van der Waals surface area contributed by atoms with Gasteiger partial charge in [-0.25, -0.2) is 5.43 Å². The molecule has 0 saturated heterocycles. The minimum Gasteiger partial charge on any atom is -0.488 e. The van der Waals surface area contributed by atoms with Gasteiger partial charge in [0.05, 0.1) is 6.21 Å². The van der Waals surface area contributed by atoms with E-state index in [2.05, 4.69) is 15.8 Å². The van der Waals surface area contributed by atoms with Crippen molar-refractivity contribution in [3.63, 3.8) is 0 Å². The third-order valence-electron chi connectivity index (χ3n) is 4.28. The molecule has 0 radical (unpaired) electrons. The smallest absolute Gasteiger partial charge is 0.271 e. The highest BCUT2D eigenvalue weighted by Gasteiger charge is 2.06. The third-order valence-corrected chi connectivity index (χ3v) is 4.28. The zero-order valence-electron chi connectivity index (χ0n) is 16.7. The largest absolute Gasteiger partial charge is 0.488 e. The van der Waals surface area contributed by atoms with Crippen LogP contribution < -0.4 is 15.5 Å². The monoisotopic (exact) mass is 401 g/mol. The van der Waals surface area contributed by atoms with Gasteiger partial charge in [-0.05, 0) is 42.0 Å². The summed E-state index contributed by atoms with van der Waals surface area (Å²) in [5.74, 6) is 0.252. The second kappa shape index (κ2) is 10.6. The number of hydrogen-bond donors (Lipinski definition) is 2. The second-order valence-corrected chi connectivity index (χ2v) is 6.49. The summed E-state index contributed by atoms with van der Waals surface area (Å²) in [6.45, 7) is 2.22. The molecule has 0 aromatic heterocycles. The molecule has 0 atom stereocenters. The minimum atomic E-state index is -0.345. The number of carbonyl (C=O) groups excluding carboxylic acids is 2. The Kier molecular flexibility index (Phi) is 7.33. The Bertz CT molecular complexity index is 1020. The first kappa shape index (κ1) is 20.8. The molecule has 0 aliphatic carbocycles. The molecule has 0 unspecified atom stereocenters. The Labute approximate surface area is 175 Å². The van der Waals surface area contributed by atoms with Crippen molar-refractivity contribution in [1.29, 1.82) is 0 Å². The van der Waals surface area contributed by atoms with Gasteiger partial charge in [-0.2, -0.15) is 5.10 Å². The summed E-state index contributed by atoms with van der Waals surface area (Å²) in [6.07, 6.45) is 1.95. The number of nitrogens with zero attached hydrogens (tertiary/aromatic N) is 1. The number of rotatable bonds is 8. The van der Waals surface area contributed by atoms with E-state index >= 15 is 0 Å². The van der Waals surface area contributed by atoms with Gasteiger partial charge in [-0.3, -0.25) is 9.59 Å². The van der Waals surface area contributed by atoms with Crippen molar-refractivity contribution in [2.45, 2.75) is 20.0 Å². The second-order valence-electron chi connectivity index (χ2n) is 6.49. The van der Waals surface area contributed by atoms with E-state index in [4.69, 9.17) is 4.74 Å². The summed E-state index contributed by atoms with van der Waals surface area (Å²) in [4.78, 5) is 23.7. The van der Waals surface area contributed by atoms with Crippen LogP contribution in [0.15, 0.2) is 84.0 Å². The molecule has 6 nitrogen and oxygen atoms in total. The Morgan fingerprint density at radius 3 is 2.37 bits per heavy atom. The van der Waals surface area contributed by atoms with Crippen LogP contribution in [0.5, 0.6) is 5.75 Å². The Morgan fingerprint density at radius 2 is 1.63 bits per heavy atom. The van der Waals surface area contributed by atoms with Gasteiger partial charge in [0.2, 0.25) is 5.91 Å². The van der Waals surface area contributed by atoms with Gasteiger partial charge in [-0.1, -0.05) is 49.4 Å². The van der Waals surface area contributed by atoms with E-state index in [1.165, 1.54) is 0 Å². The van der Waals surface area contributed by atoms with Gasteiger partial charge in [-0.15, -0.1) is 0 Å². The van der Waals surface area contributed by atoms with Crippen molar-refractivity contribution >= 4 is 23.7 Å². The van der Waals surface area contributed by atoms with E-state index in [0.717, 1.165) is 11.1 Å². The maximum atomic E-state index is 12.3. The standard InChI is InChI=1S/C24H23N3O3/c1-2-23(28)26-21-14-12-19(13-15-21)24(29)27-25-16-20-10-6-7-11-22(20)30-17-18-8-4-3-5-9-18/h3-16H,2,17H2,1H3,(H,26,28)(H,27,29)/b25-16+. The molecule has 2 amide bonds. The maximum absolute atomic E-state index is 12.3. The van der Waals surface area contributed by atoms with E-state index in [1.54, 1.807) is 37.4 Å². The summed E-state index contributed by atoms with van der Waals surface area (Å²) < 4.78 is 5.88. The first-order chi connectivity index (χ1) is 14.7. The van der Waals surface area contributed by atoms with Crippen molar-refractivity contribution in [1.82, 2.24) is 5.43 Å². The molecule has 3 aromatic carbocycles. The lowest BCUT2D eigenvalue weighted by Gasteiger charge is -2.09. The highest BCUT2D eigenvalue weighted by atomic mass is 16.5. The number of carbonyl (C=O) groups is 2. The van der Waals surface area contributed by atoms with Crippen molar-refractivity contribution in [2.24, 2.45) is 5.10 Å². The lowest BCUT2D eigenvalue weighted by Crippen LogP contribution is -2.17. The van der Waals surface area contributed by atoms with E-state index < -0.39 is 0 Å². The number of nitrogens with one attached hydrogen (secondary N) is 2. The fourth-order valence-corrected chi connectivity index (χ4v) is 2.63. The number of amides is 2. The highest BCUT2D eigenvalue weighted by molar-refractivity contribution is 5.96. The third kappa shape index (κ3) is 6.04. The number of hydrogen-bond acceptors (Lipinski definition) is 4. The Hall–Kier alpha value is -3.93. The number of anilines is 1. The van der Waals surface area contributed by atoms with Crippen molar-refractivity contribution in [3.8, 4) is 5.75 Å². The van der Waals surface area contributed by atoms with Crippen molar-refractivity contribution < 1.29 is 14.3 Å². The molecule has 0 bridgehead atoms. The van der Waals surface area contributed by atoms with Gasteiger partial charge < -0.3 is 10.1 Å². The molecule has 152 valence electrons. The molecule has 3 aromatic rings. The number of para-hydroxylation sites is 1. The summed E-state index contributed by atoms with van der Waals surface area (Å²) in [5, 5.41) is 6.78. The predicted octanol–water partition coefficient (Wildman–Crippen LogP) is 4.38. The van der Waals surface area contributed by atoms with Gasteiger partial charge in [0.1, 0.15) is 12.4 Å². The molecular weight excluding hydrogens is 378 g/mol. The zero-order valence-corrected chi connectivity index (χ0v) is 16.7. The van der Waals surface area contributed by atoms with E-state index in [0.29, 0.717) is 30.0 Å². The van der Waals surface area contributed by atoms with Gasteiger partial charge in [0.15, 0.2) is 0 Å². The van der Waals surface area contributed by atoms with E-state index in [1.807, 2.05) is 54.6 Å². The lowest BCUT2D eigenvalue weighted by molar-refractivity contribution is -0.115. The van der Waals surface area contributed by atoms with Crippen LogP contribution in [-0.4, -0.2) is 18.0 Å². The van der Waals surface area contributed by atoms with Crippen molar-refractivity contribution in [2.75, 3.05) is 5.32 Å². The first-order valence-corrected chi connectivity index (χ1v) is 9.65. The quantitative estimate of drug-likeness (QED) is 0.434. The minimum absolute atomic E-state index is 0.0787. The van der Waals surface area contributed by atoms with Crippen LogP contribution in [0.4, 0.5) is 5.69 Å². The lowest BCUT2D eigenvalue weighted by atomic mass is 10.2. The van der Waals surface area contributed by atoms with E-state index in [9.17, 15) is 9.59 Å². The molecule has 0 aliphatic rings. The normalized spacial score (nSPS) is 10.6. The van der Waals surface area contributed by atoms with Crippen molar-refractivity contribution in [3.05, 3.63) is 95.6 Å². The number of benzene rings is 3. The molecule has 0 spiro atoms. The molecule has 3 rings (SSSR count). The van der Waals surface area contributed by atoms with Crippen LogP contribution in [-0.2, 0) is 11.4 Å². The molecule has 2 N–H and O–H groups in total. The number of ether oxygens (including phenoxy) is 1.